The summed E-state index contributed by atoms with van der Waals surface area (Å²) in [5.41, 5.74) is 0.0325. The number of hydrogen-bond acceptors (Lipinski definition) is 5. The minimum atomic E-state index is -0.578. The first kappa shape index (κ1) is 19.5. The molecular formula is C20H21FN4O3S. The topological polar surface area (TPSA) is 86.0 Å². The molecule has 7 nitrogen and oxygen atoms in total. The van der Waals surface area contributed by atoms with E-state index >= 15 is 0 Å². The highest BCUT2D eigenvalue weighted by molar-refractivity contribution is 7.04. The van der Waals surface area contributed by atoms with Crippen molar-refractivity contribution in [3.63, 3.8) is 0 Å². The molecule has 29 heavy (non-hydrogen) atoms. The van der Waals surface area contributed by atoms with Crippen molar-refractivity contribution >= 4 is 28.5 Å². The van der Waals surface area contributed by atoms with E-state index in [1.807, 2.05) is 0 Å². The van der Waals surface area contributed by atoms with Crippen molar-refractivity contribution in [3.05, 3.63) is 61.9 Å². The standard InChI is InChI=1S/C20H21FN4O3S/c21-14-8-6-13(7-9-14)10-25-19(27)18-16(12-29-23-18)24(20(25)28)11-17(26)22-15-4-2-1-3-5-15/h6-9,12,15H,1-5,10-11H2,(H,22,26). The van der Waals surface area contributed by atoms with Gasteiger partial charge in [-0.1, -0.05) is 31.4 Å². The Morgan fingerprint density at radius 3 is 2.59 bits per heavy atom. The number of carbonyl (C=O) groups excluding carboxylic acids is 1. The lowest BCUT2D eigenvalue weighted by Gasteiger charge is -2.23. The molecular weight excluding hydrogens is 395 g/mol. The second-order valence-corrected chi connectivity index (χ2v) is 7.97. The van der Waals surface area contributed by atoms with E-state index in [2.05, 4.69) is 9.69 Å². The summed E-state index contributed by atoms with van der Waals surface area (Å²) in [5.74, 6) is -0.647. The average Bonchev–Trinajstić information content (AvgIpc) is 3.21. The lowest BCUT2D eigenvalue weighted by molar-refractivity contribution is -0.122. The number of aromatic nitrogens is 3. The number of hydrogen-bond donors (Lipinski definition) is 1. The predicted molar refractivity (Wildman–Crippen MR) is 109 cm³/mol. The zero-order chi connectivity index (χ0) is 20.4. The summed E-state index contributed by atoms with van der Waals surface area (Å²) in [6, 6.07) is 5.72. The van der Waals surface area contributed by atoms with E-state index in [1.54, 1.807) is 5.38 Å². The highest BCUT2D eigenvalue weighted by Crippen LogP contribution is 2.17. The molecule has 1 saturated carbocycles. The first-order chi connectivity index (χ1) is 14.0. The molecule has 1 aliphatic carbocycles. The molecule has 1 aromatic carbocycles. The van der Waals surface area contributed by atoms with Crippen LogP contribution in [0.2, 0.25) is 0 Å². The minimum Gasteiger partial charge on any atom is -0.352 e. The molecule has 0 spiro atoms. The fraction of sp³-hybridized carbons (Fsp3) is 0.400. The van der Waals surface area contributed by atoms with E-state index in [4.69, 9.17) is 0 Å². The molecule has 1 aliphatic rings. The van der Waals surface area contributed by atoms with Crippen LogP contribution in [0, 0.1) is 5.82 Å². The molecule has 1 fully saturated rings. The van der Waals surface area contributed by atoms with E-state index < -0.39 is 17.1 Å². The average molecular weight is 416 g/mol. The Bertz CT molecular complexity index is 1140. The van der Waals surface area contributed by atoms with Crippen LogP contribution in [0.5, 0.6) is 0 Å². The molecule has 2 aromatic heterocycles. The quantitative estimate of drug-likeness (QED) is 0.691. The monoisotopic (exact) mass is 416 g/mol. The number of benzene rings is 1. The zero-order valence-electron chi connectivity index (χ0n) is 15.8. The van der Waals surface area contributed by atoms with Crippen LogP contribution in [-0.4, -0.2) is 25.5 Å². The van der Waals surface area contributed by atoms with Gasteiger partial charge >= 0.3 is 5.69 Å². The van der Waals surface area contributed by atoms with Gasteiger partial charge in [0.05, 0.1) is 12.1 Å². The van der Waals surface area contributed by atoms with Crippen LogP contribution in [-0.2, 0) is 17.9 Å². The second kappa shape index (κ2) is 8.28. The summed E-state index contributed by atoms with van der Waals surface area (Å²) in [6.45, 7) is -0.191. The number of fused-ring (bicyclic) bond motifs is 1. The van der Waals surface area contributed by atoms with Crippen LogP contribution >= 0.6 is 11.5 Å². The van der Waals surface area contributed by atoms with Gasteiger partial charge in [0, 0.05) is 11.4 Å². The predicted octanol–water partition coefficient (Wildman–Crippen LogP) is 2.26. The van der Waals surface area contributed by atoms with Crippen molar-refractivity contribution in [2.75, 3.05) is 0 Å². The van der Waals surface area contributed by atoms with Crippen molar-refractivity contribution in [1.82, 2.24) is 18.8 Å². The molecule has 0 bridgehead atoms. The van der Waals surface area contributed by atoms with E-state index in [9.17, 15) is 18.8 Å². The van der Waals surface area contributed by atoms with Crippen molar-refractivity contribution in [3.8, 4) is 0 Å². The molecule has 1 amide bonds. The smallest absolute Gasteiger partial charge is 0.332 e. The fourth-order valence-corrected chi connectivity index (χ4v) is 4.43. The van der Waals surface area contributed by atoms with Crippen molar-refractivity contribution in [2.24, 2.45) is 0 Å². The fourth-order valence-electron chi connectivity index (χ4n) is 3.76. The molecule has 2 heterocycles. The van der Waals surface area contributed by atoms with E-state index in [0.717, 1.165) is 41.8 Å². The maximum absolute atomic E-state index is 13.2. The van der Waals surface area contributed by atoms with Gasteiger partial charge in [-0.25, -0.2) is 9.18 Å². The molecule has 0 atom stereocenters. The van der Waals surface area contributed by atoms with E-state index in [0.29, 0.717) is 11.1 Å². The Kier molecular flexibility index (Phi) is 5.57. The van der Waals surface area contributed by atoms with Gasteiger partial charge < -0.3 is 5.32 Å². The molecule has 152 valence electrons. The summed E-state index contributed by atoms with van der Waals surface area (Å²) in [7, 11) is 0. The Balaban J connectivity index is 1.66. The lowest BCUT2D eigenvalue weighted by atomic mass is 9.95. The van der Waals surface area contributed by atoms with Gasteiger partial charge in [0.2, 0.25) is 5.91 Å². The maximum Gasteiger partial charge on any atom is 0.332 e. The number of rotatable bonds is 5. The Morgan fingerprint density at radius 2 is 1.86 bits per heavy atom. The van der Waals surface area contributed by atoms with Gasteiger partial charge in [-0.05, 0) is 42.1 Å². The van der Waals surface area contributed by atoms with Gasteiger partial charge in [-0.2, -0.15) is 4.37 Å². The lowest BCUT2D eigenvalue weighted by Crippen LogP contribution is -2.44. The van der Waals surface area contributed by atoms with Crippen molar-refractivity contribution in [1.29, 1.82) is 0 Å². The Hall–Kier alpha value is -2.81. The first-order valence-electron chi connectivity index (χ1n) is 9.64. The number of carbonyl (C=O) groups is 1. The highest BCUT2D eigenvalue weighted by atomic mass is 32.1. The highest BCUT2D eigenvalue weighted by Gasteiger charge is 2.20. The third-order valence-corrected chi connectivity index (χ3v) is 5.89. The van der Waals surface area contributed by atoms with Crippen LogP contribution in [0.25, 0.3) is 11.0 Å². The van der Waals surface area contributed by atoms with Crippen LogP contribution in [0.3, 0.4) is 0 Å². The summed E-state index contributed by atoms with van der Waals surface area (Å²) < 4.78 is 19.6. The summed E-state index contributed by atoms with van der Waals surface area (Å²) >= 11 is 1.07. The van der Waals surface area contributed by atoms with E-state index in [-0.39, 0.29) is 30.6 Å². The van der Waals surface area contributed by atoms with Crippen LogP contribution in [0.1, 0.15) is 37.7 Å². The summed E-state index contributed by atoms with van der Waals surface area (Å²) in [6.07, 6.45) is 5.25. The summed E-state index contributed by atoms with van der Waals surface area (Å²) in [5, 5.41) is 4.60. The number of nitrogens with one attached hydrogen (secondary N) is 1. The molecule has 0 radical (unpaired) electrons. The van der Waals surface area contributed by atoms with Gasteiger partial charge in [-0.15, -0.1) is 0 Å². The van der Waals surface area contributed by atoms with Crippen LogP contribution in [0.15, 0.2) is 39.2 Å². The molecule has 1 N–H and O–H groups in total. The van der Waals surface area contributed by atoms with Gasteiger partial charge in [0.25, 0.3) is 5.56 Å². The number of halogens is 1. The number of nitrogens with zero attached hydrogens (tertiary/aromatic N) is 3. The Morgan fingerprint density at radius 1 is 1.14 bits per heavy atom. The zero-order valence-corrected chi connectivity index (χ0v) is 16.6. The van der Waals surface area contributed by atoms with E-state index in [1.165, 1.54) is 35.3 Å². The van der Waals surface area contributed by atoms with Gasteiger partial charge in [-0.3, -0.25) is 18.7 Å². The third-order valence-electron chi connectivity index (χ3n) is 5.28. The Labute approximate surface area is 170 Å². The molecule has 0 saturated heterocycles. The van der Waals surface area contributed by atoms with Crippen LogP contribution < -0.4 is 16.6 Å². The SMILES string of the molecule is O=C(Cn1c(=O)n(Cc2ccc(F)cc2)c(=O)c2nscc21)NC1CCCCC1. The van der Waals surface area contributed by atoms with Crippen LogP contribution in [0.4, 0.5) is 4.39 Å². The molecule has 4 rings (SSSR count). The molecule has 0 aliphatic heterocycles. The molecule has 9 heteroatoms. The maximum atomic E-state index is 13.2. The van der Waals surface area contributed by atoms with Gasteiger partial charge in [0.1, 0.15) is 12.4 Å². The molecule has 0 unspecified atom stereocenters. The minimum absolute atomic E-state index is 0.0182. The summed E-state index contributed by atoms with van der Waals surface area (Å²) in [4.78, 5) is 38.4. The van der Waals surface area contributed by atoms with Crippen molar-refractivity contribution in [2.45, 2.75) is 51.2 Å². The van der Waals surface area contributed by atoms with Crippen molar-refractivity contribution < 1.29 is 9.18 Å². The normalized spacial score (nSPS) is 14.9. The number of amides is 1. The largest absolute Gasteiger partial charge is 0.352 e. The van der Waals surface area contributed by atoms with Gasteiger partial charge in [0.15, 0.2) is 5.52 Å². The molecule has 3 aromatic rings. The first-order valence-corrected chi connectivity index (χ1v) is 10.5. The third kappa shape index (κ3) is 4.14. The second-order valence-electron chi connectivity index (χ2n) is 7.34.